The molecule has 2 saturated heterocycles. The Labute approximate surface area is 148 Å². The topological polar surface area (TPSA) is 42.4 Å². The normalized spacial score (nSPS) is 30.9. The van der Waals surface area contributed by atoms with Crippen molar-refractivity contribution in [2.45, 2.75) is 38.0 Å². The first kappa shape index (κ1) is 18.0. The van der Waals surface area contributed by atoms with Crippen molar-refractivity contribution in [1.82, 2.24) is 20.7 Å². The molecule has 0 saturated carbocycles. The van der Waals surface area contributed by atoms with Crippen LogP contribution in [0.1, 0.15) is 19.4 Å². The van der Waals surface area contributed by atoms with Crippen LogP contribution in [0, 0.1) is 11.6 Å². The van der Waals surface area contributed by atoms with Crippen molar-refractivity contribution in [2.75, 3.05) is 0 Å². The fourth-order valence-corrected chi connectivity index (χ4v) is 3.29. The molecule has 2 N–H and O–H groups in total. The Kier molecular flexibility index (Phi) is 3.43. The van der Waals surface area contributed by atoms with E-state index >= 15 is 0 Å². The molecule has 4 rings (SSSR count). The van der Waals surface area contributed by atoms with Gasteiger partial charge in [0.25, 0.3) is 11.8 Å². The van der Waals surface area contributed by atoms with Gasteiger partial charge in [0, 0.05) is 30.8 Å². The molecule has 2 fully saturated rings. The number of benzene rings is 1. The van der Waals surface area contributed by atoms with Crippen LogP contribution in [-0.2, 0) is 6.18 Å². The molecule has 1 spiro atoms. The number of amidine groups is 1. The smallest absolute Gasteiger partial charge is 0.338 e. The highest BCUT2D eigenvalue weighted by atomic mass is 19.4. The highest BCUT2D eigenvalue weighted by Crippen LogP contribution is 2.52. The first-order valence-corrected chi connectivity index (χ1v) is 7.71. The van der Waals surface area contributed by atoms with Crippen LogP contribution in [0.3, 0.4) is 0 Å². The Hall–Kier alpha value is -2.34. The number of fused-ring (bicyclic) bond motifs is 1. The Morgan fingerprint density at radius 1 is 1.11 bits per heavy atom. The average molecular weight is 395 g/mol. The zero-order valence-electron chi connectivity index (χ0n) is 13.8. The lowest BCUT2D eigenvalue weighted by molar-refractivity contribution is -0.142. The number of aliphatic imine (C=N–C) groups is 1. The predicted octanol–water partition coefficient (Wildman–Crippen LogP) is 3.25. The SMILES string of the molecule is CC1=CC(=Nc2cc(F)c(C(F)(F)F)c(F)c2)N2N3C(C(C)(F)F)N[C@]23N1. The summed E-state index contributed by atoms with van der Waals surface area (Å²) in [7, 11) is 0. The summed E-state index contributed by atoms with van der Waals surface area (Å²) in [6, 6.07) is 0.883. The monoisotopic (exact) mass is 395 g/mol. The Bertz CT molecular complexity index is 865. The molecule has 0 amide bonds. The van der Waals surface area contributed by atoms with Crippen LogP contribution in [0.2, 0.25) is 0 Å². The third-order valence-electron chi connectivity index (χ3n) is 4.36. The van der Waals surface area contributed by atoms with E-state index < -0.39 is 47.1 Å². The van der Waals surface area contributed by atoms with Crippen molar-refractivity contribution in [2.24, 2.45) is 4.99 Å². The zero-order valence-corrected chi connectivity index (χ0v) is 13.8. The quantitative estimate of drug-likeness (QED) is 0.596. The summed E-state index contributed by atoms with van der Waals surface area (Å²) >= 11 is 0. The van der Waals surface area contributed by atoms with Crippen molar-refractivity contribution in [1.29, 1.82) is 0 Å². The molecule has 3 aliphatic heterocycles. The van der Waals surface area contributed by atoms with Crippen LogP contribution in [0.25, 0.3) is 0 Å². The summed E-state index contributed by atoms with van der Waals surface area (Å²) in [5, 5.41) is 8.12. The molecule has 3 heterocycles. The molecule has 2 unspecified atom stereocenters. The van der Waals surface area contributed by atoms with Gasteiger partial charge in [-0.05, 0) is 6.92 Å². The number of halogens is 7. The van der Waals surface area contributed by atoms with Crippen molar-refractivity contribution < 1.29 is 30.7 Å². The molecule has 27 heavy (non-hydrogen) atoms. The fraction of sp³-hybridized carbons (Fsp3) is 0.400. The summed E-state index contributed by atoms with van der Waals surface area (Å²) in [5.41, 5.74) is -1.91. The average Bonchev–Trinajstić information content (AvgIpc) is 2.93. The Morgan fingerprint density at radius 2 is 1.70 bits per heavy atom. The fourth-order valence-electron chi connectivity index (χ4n) is 3.29. The Balaban J connectivity index is 1.70. The molecule has 12 heteroatoms. The number of rotatable bonds is 2. The largest absolute Gasteiger partial charge is 0.422 e. The van der Waals surface area contributed by atoms with Crippen molar-refractivity contribution in [3.05, 3.63) is 41.1 Å². The van der Waals surface area contributed by atoms with Gasteiger partial charge in [-0.3, -0.25) is 0 Å². The molecular formula is C15H12F7N5. The van der Waals surface area contributed by atoms with Gasteiger partial charge in [-0.25, -0.2) is 32.9 Å². The van der Waals surface area contributed by atoms with Crippen LogP contribution in [0.15, 0.2) is 28.9 Å². The summed E-state index contributed by atoms with van der Waals surface area (Å²) in [6.45, 7) is 2.34. The van der Waals surface area contributed by atoms with E-state index in [-0.39, 0.29) is 5.84 Å². The minimum absolute atomic E-state index is 0.0454. The van der Waals surface area contributed by atoms with Gasteiger partial charge in [0.15, 0.2) is 6.17 Å². The van der Waals surface area contributed by atoms with E-state index in [2.05, 4.69) is 15.6 Å². The van der Waals surface area contributed by atoms with Gasteiger partial charge in [0.1, 0.15) is 23.0 Å². The standard InChI is InChI=1S/C15H12F7N5/c1-6-3-10(26-15(24-6)25-12(27(15)26)13(2,18)19)23-7-4-8(16)11(9(17)5-7)14(20,21)22/h3-5,12,24-25H,1-2H3/t12?,15-,26?,27?/m1/s1. The van der Waals surface area contributed by atoms with E-state index in [0.29, 0.717) is 17.8 Å². The lowest BCUT2D eigenvalue weighted by Gasteiger charge is -2.37. The Morgan fingerprint density at radius 3 is 2.22 bits per heavy atom. The lowest BCUT2D eigenvalue weighted by Crippen LogP contribution is -2.71. The van der Waals surface area contributed by atoms with Crippen LogP contribution < -0.4 is 10.6 Å². The van der Waals surface area contributed by atoms with Gasteiger partial charge in [-0.2, -0.15) is 13.2 Å². The number of hydrogen-bond donors (Lipinski definition) is 2. The van der Waals surface area contributed by atoms with Gasteiger partial charge in [0.2, 0.25) is 0 Å². The molecule has 5 nitrogen and oxygen atoms in total. The van der Waals surface area contributed by atoms with E-state index in [1.165, 1.54) is 16.1 Å². The van der Waals surface area contributed by atoms with Crippen molar-refractivity contribution in [3.8, 4) is 0 Å². The first-order chi connectivity index (χ1) is 12.3. The van der Waals surface area contributed by atoms with Gasteiger partial charge in [-0.1, -0.05) is 0 Å². The van der Waals surface area contributed by atoms with Gasteiger partial charge in [-0.15, -0.1) is 5.01 Å². The van der Waals surface area contributed by atoms with Crippen LogP contribution >= 0.6 is 0 Å². The molecule has 0 radical (unpaired) electrons. The maximum Gasteiger partial charge on any atom is 0.422 e. The van der Waals surface area contributed by atoms with E-state index in [9.17, 15) is 30.7 Å². The maximum atomic E-state index is 13.7. The number of hydrazine groups is 1. The number of nitrogens with one attached hydrogen (secondary N) is 2. The molecule has 0 bridgehead atoms. The molecular weight excluding hydrogens is 383 g/mol. The zero-order chi connectivity index (χ0) is 19.9. The molecule has 3 atom stereocenters. The summed E-state index contributed by atoms with van der Waals surface area (Å²) in [5.74, 6) is -7.78. The van der Waals surface area contributed by atoms with Crippen molar-refractivity contribution >= 4 is 11.5 Å². The van der Waals surface area contributed by atoms with E-state index in [1.54, 1.807) is 6.92 Å². The molecule has 3 aliphatic rings. The minimum atomic E-state index is -5.19. The lowest BCUT2D eigenvalue weighted by atomic mass is 10.1. The highest BCUT2D eigenvalue weighted by molar-refractivity contribution is 5.98. The van der Waals surface area contributed by atoms with Gasteiger partial charge in [0.05, 0.1) is 5.69 Å². The summed E-state index contributed by atoms with van der Waals surface area (Å²) in [6.07, 6.45) is -5.09. The van der Waals surface area contributed by atoms with Gasteiger partial charge < -0.3 is 5.32 Å². The minimum Gasteiger partial charge on any atom is -0.338 e. The van der Waals surface area contributed by atoms with Crippen molar-refractivity contribution in [3.63, 3.8) is 0 Å². The predicted molar refractivity (Wildman–Crippen MR) is 79.3 cm³/mol. The van der Waals surface area contributed by atoms with Gasteiger partial charge >= 0.3 is 6.18 Å². The highest BCUT2D eigenvalue weighted by Gasteiger charge is 2.80. The molecule has 146 valence electrons. The summed E-state index contributed by atoms with van der Waals surface area (Å²) < 4.78 is 92.6. The first-order valence-electron chi connectivity index (χ1n) is 7.71. The number of alkyl halides is 5. The second-order valence-electron chi connectivity index (χ2n) is 6.54. The summed E-state index contributed by atoms with van der Waals surface area (Å²) in [4.78, 5) is 3.94. The maximum absolute atomic E-state index is 13.7. The molecule has 0 aromatic heterocycles. The number of nitrogens with zero attached hydrogens (tertiary/aromatic N) is 3. The van der Waals surface area contributed by atoms with Crippen LogP contribution in [-0.4, -0.2) is 33.9 Å². The second kappa shape index (κ2) is 5.13. The third kappa shape index (κ3) is 2.57. The molecule has 1 aromatic rings. The van der Waals surface area contributed by atoms with E-state index in [0.717, 1.165) is 6.92 Å². The van der Waals surface area contributed by atoms with Crippen LogP contribution in [0.5, 0.6) is 0 Å². The number of hydrogen-bond acceptors (Lipinski definition) is 4. The number of allylic oxidation sites excluding steroid dienone is 1. The molecule has 0 aliphatic carbocycles. The van der Waals surface area contributed by atoms with E-state index in [1.807, 2.05) is 0 Å². The molecule has 1 aromatic carbocycles. The van der Waals surface area contributed by atoms with Crippen LogP contribution in [0.4, 0.5) is 36.4 Å². The van der Waals surface area contributed by atoms with E-state index in [4.69, 9.17) is 0 Å². The second-order valence-corrected chi connectivity index (χ2v) is 6.54. The third-order valence-corrected chi connectivity index (χ3v) is 4.36.